The van der Waals surface area contributed by atoms with Gasteiger partial charge in [-0.2, -0.15) is 0 Å². The van der Waals surface area contributed by atoms with Crippen LogP contribution in [0, 0.1) is 12.8 Å². The Morgan fingerprint density at radius 2 is 2.08 bits per heavy atom. The van der Waals surface area contributed by atoms with Gasteiger partial charge in [0.25, 0.3) is 0 Å². The third-order valence-corrected chi connectivity index (χ3v) is 5.11. The molecule has 0 amide bonds. The van der Waals surface area contributed by atoms with Crippen molar-refractivity contribution >= 4 is 41.3 Å². The highest BCUT2D eigenvalue weighted by Crippen LogP contribution is 2.08. The third-order valence-electron chi connectivity index (χ3n) is 4.17. The number of thiophene rings is 1. The Hall–Kier alpha value is -1.16. The summed E-state index contributed by atoms with van der Waals surface area (Å²) >= 11 is 1.79. The van der Waals surface area contributed by atoms with E-state index in [4.69, 9.17) is 0 Å². The van der Waals surface area contributed by atoms with E-state index in [1.54, 1.807) is 11.3 Å². The average molecular weight is 476 g/mol. The number of hydrogen-bond donors (Lipinski definition) is 2. The summed E-state index contributed by atoms with van der Waals surface area (Å²) < 4.78 is 1.97. The molecule has 2 rings (SSSR count). The minimum Gasteiger partial charge on any atom is -0.356 e. The van der Waals surface area contributed by atoms with Gasteiger partial charge in [0.1, 0.15) is 12.4 Å². The SMILES string of the molecule is Cc1nnc(CN=C(NCCc2cccs2)NC(C)C(C)C)n1C.I. The first-order chi connectivity index (χ1) is 11.5. The molecule has 6 nitrogen and oxygen atoms in total. The molecule has 2 aromatic heterocycles. The highest BCUT2D eigenvalue weighted by Gasteiger charge is 2.10. The Bertz CT molecular complexity index is 650. The summed E-state index contributed by atoms with van der Waals surface area (Å²) in [4.78, 5) is 6.06. The second-order valence-electron chi connectivity index (χ2n) is 6.32. The topological polar surface area (TPSA) is 67.1 Å². The summed E-state index contributed by atoms with van der Waals surface area (Å²) in [6.45, 7) is 9.89. The van der Waals surface area contributed by atoms with E-state index in [1.165, 1.54) is 4.88 Å². The van der Waals surface area contributed by atoms with Gasteiger partial charge in [0.15, 0.2) is 11.8 Å². The lowest BCUT2D eigenvalue weighted by molar-refractivity contribution is 0.480. The highest BCUT2D eigenvalue weighted by atomic mass is 127. The maximum Gasteiger partial charge on any atom is 0.191 e. The van der Waals surface area contributed by atoms with Crippen LogP contribution in [0.15, 0.2) is 22.5 Å². The quantitative estimate of drug-likeness (QED) is 0.366. The predicted octanol–water partition coefficient (Wildman–Crippen LogP) is 3.13. The monoisotopic (exact) mass is 476 g/mol. The zero-order chi connectivity index (χ0) is 17.5. The summed E-state index contributed by atoms with van der Waals surface area (Å²) in [5, 5.41) is 17.3. The summed E-state index contributed by atoms with van der Waals surface area (Å²) in [5.74, 6) is 3.12. The first-order valence-electron chi connectivity index (χ1n) is 8.39. The molecule has 2 heterocycles. The van der Waals surface area contributed by atoms with Crippen molar-refractivity contribution in [1.82, 2.24) is 25.4 Å². The van der Waals surface area contributed by atoms with Gasteiger partial charge in [0, 0.05) is 24.5 Å². The Kier molecular flexibility index (Phi) is 9.41. The zero-order valence-corrected chi connectivity index (χ0v) is 18.8. The molecule has 140 valence electrons. The molecule has 0 aliphatic carbocycles. The second kappa shape index (κ2) is 10.7. The van der Waals surface area contributed by atoms with Crippen LogP contribution in [0.25, 0.3) is 0 Å². The number of aromatic nitrogens is 3. The number of aliphatic imine (C=N–C) groups is 1. The van der Waals surface area contributed by atoms with Crippen molar-refractivity contribution in [2.75, 3.05) is 6.54 Å². The first-order valence-corrected chi connectivity index (χ1v) is 9.27. The fraction of sp³-hybridized carbons (Fsp3) is 0.588. The molecule has 0 radical (unpaired) electrons. The van der Waals surface area contributed by atoms with E-state index in [-0.39, 0.29) is 24.0 Å². The van der Waals surface area contributed by atoms with Gasteiger partial charge in [-0.3, -0.25) is 0 Å². The number of guanidine groups is 1. The molecule has 2 N–H and O–H groups in total. The molecule has 0 saturated carbocycles. The fourth-order valence-electron chi connectivity index (χ4n) is 2.03. The molecule has 2 aromatic rings. The minimum atomic E-state index is 0. The van der Waals surface area contributed by atoms with Crippen LogP contribution in [0.5, 0.6) is 0 Å². The fourth-order valence-corrected chi connectivity index (χ4v) is 2.74. The first kappa shape index (κ1) is 21.9. The van der Waals surface area contributed by atoms with Gasteiger partial charge in [0.2, 0.25) is 0 Å². The predicted molar refractivity (Wildman–Crippen MR) is 116 cm³/mol. The van der Waals surface area contributed by atoms with Gasteiger partial charge in [-0.05, 0) is 37.6 Å². The molecular weight excluding hydrogens is 447 g/mol. The van der Waals surface area contributed by atoms with Crippen molar-refractivity contribution in [2.24, 2.45) is 18.0 Å². The van der Waals surface area contributed by atoms with Crippen LogP contribution in [0.3, 0.4) is 0 Å². The lowest BCUT2D eigenvalue weighted by Gasteiger charge is -2.21. The molecule has 0 fully saturated rings. The van der Waals surface area contributed by atoms with E-state index in [0.29, 0.717) is 18.5 Å². The number of hydrogen-bond acceptors (Lipinski definition) is 4. The van der Waals surface area contributed by atoms with Gasteiger partial charge in [0.05, 0.1) is 0 Å². The van der Waals surface area contributed by atoms with E-state index in [2.05, 4.69) is 64.1 Å². The van der Waals surface area contributed by atoms with Gasteiger partial charge in [-0.1, -0.05) is 19.9 Å². The average Bonchev–Trinajstić information content (AvgIpc) is 3.16. The van der Waals surface area contributed by atoms with Crippen LogP contribution in [-0.4, -0.2) is 33.3 Å². The number of rotatable bonds is 7. The van der Waals surface area contributed by atoms with Crippen molar-refractivity contribution in [3.05, 3.63) is 34.0 Å². The Balaban J connectivity index is 0.00000312. The van der Waals surface area contributed by atoms with Crippen LogP contribution < -0.4 is 10.6 Å². The van der Waals surface area contributed by atoms with Gasteiger partial charge in [-0.25, -0.2) is 4.99 Å². The Morgan fingerprint density at radius 1 is 1.32 bits per heavy atom. The van der Waals surface area contributed by atoms with Crippen LogP contribution in [0.1, 0.15) is 37.3 Å². The zero-order valence-electron chi connectivity index (χ0n) is 15.6. The normalized spacial score (nSPS) is 12.8. The Morgan fingerprint density at radius 3 is 2.64 bits per heavy atom. The van der Waals surface area contributed by atoms with Gasteiger partial charge >= 0.3 is 0 Å². The summed E-state index contributed by atoms with van der Waals surface area (Å²) in [6, 6.07) is 4.60. The van der Waals surface area contributed by atoms with Crippen LogP contribution in [-0.2, 0) is 20.0 Å². The van der Waals surface area contributed by atoms with E-state index < -0.39 is 0 Å². The van der Waals surface area contributed by atoms with Crippen LogP contribution in [0.4, 0.5) is 0 Å². The van der Waals surface area contributed by atoms with E-state index >= 15 is 0 Å². The van der Waals surface area contributed by atoms with E-state index in [0.717, 1.165) is 30.6 Å². The maximum absolute atomic E-state index is 4.68. The van der Waals surface area contributed by atoms with Crippen molar-refractivity contribution in [1.29, 1.82) is 0 Å². The van der Waals surface area contributed by atoms with Crippen molar-refractivity contribution in [3.63, 3.8) is 0 Å². The number of halogens is 1. The standard InChI is InChI=1S/C17H28N6S.HI/c1-12(2)13(3)20-17(18-9-8-15-7-6-10-24-15)19-11-16-22-21-14(4)23(16)5;/h6-7,10,12-13H,8-9,11H2,1-5H3,(H2,18,19,20);1H. The molecule has 0 saturated heterocycles. The smallest absolute Gasteiger partial charge is 0.191 e. The molecular formula is C17H29IN6S. The number of aryl methyl sites for hydroxylation is 1. The molecule has 0 aromatic carbocycles. The number of nitrogens with one attached hydrogen (secondary N) is 2. The van der Waals surface area contributed by atoms with Crippen molar-refractivity contribution < 1.29 is 0 Å². The summed E-state index contributed by atoms with van der Waals surface area (Å²) in [7, 11) is 1.97. The largest absolute Gasteiger partial charge is 0.356 e. The molecule has 25 heavy (non-hydrogen) atoms. The molecule has 1 atom stereocenters. The van der Waals surface area contributed by atoms with E-state index in [1.807, 2.05) is 18.5 Å². The van der Waals surface area contributed by atoms with Crippen molar-refractivity contribution in [2.45, 2.75) is 46.7 Å². The lowest BCUT2D eigenvalue weighted by Crippen LogP contribution is -2.45. The molecule has 0 bridgehead atoms. The lowest BCUT2D eigenvalue weighted by atomic mass is 10.1. The highest BCUT2D eigenvalue weighted by molar-refractivity contribution is 14.0. The summed E-state index contributed by atoms with van der Waals surface area (Å²) in [5.41, 5.74) is 0. The molecule has 8 heteroatoms. The van der Waals surface area contributed by atoms with Crippen LogP contribution >= 0.6 is 35.3 Å². The van der Waals surface area contributed by atoms with Gasteiger partial charge < -0.3 is 15.2 Å². The maximum atomic E-state index is 4.68. The van der Waals surface area contributed by atoms with Gasteiger partial charge in [-0.15, -0.1) is 45.5 Å². The minimum absolute atomic E-state index is 0. The second-order valence-corrected chi connectivity index (χ2v) is 7.35. The Labute approximate surface area is 171 Å². The molecule has 0 aliphatic rings. The van der Waals surface area contributed by atoms with Crippen LogP contribution in [0.2, 0.25) is 0 Å². The third kappa shape index (κ3) is 6.93. The summed E-state index contributed by atoms with van der Waals surface area (Å²) in [6.07, 6.45) is 0.998. The molecule has 1 unspecified atom stereocenters. The van der Waals surface area contributed by atoms with E-state index in [9.17, 15) is 0 Å². The van der Waals surface area contributed by atoms with Crippen molar-refractivity contribution in [3.8, 4) is 0 Å². The number of nitrogens with zero attached hydrogens (tertiary/aromatic N) is 4. The molecule has 0 aliphatic heterocycles. The molecule has 0 spiro atoms.